The van der Waals surface area contributed by atoms with E-state index in [1.807, 2.05) is 0 Å². The van der Waals surface area contributed by atoms with Crippen LogP contribution >= 0.6 is 0 Å². The second-order valence-electron chi connectivity index (χ2n) is 13.0. The van der Waals surface area contributed by atoms with Crippen molar-refractivity contribution in [1.82, 2.24) is 20.6 Å². The number of hydrogen-bond donors (Lipinski definition) is 6. The van der Waals surface area contributed by atoms with E-state index in [4.69, 9.17) is 10.5 Å². The third kappa shape index (κ3) is 7.02. The third-order valence-corrected chi connectivity index (χ3v) is 8.24. The minimum Gasteiger partial charge on any atom is -0.489 e. The standard InChI is InChI=1S/C34H34F4N6O6/c1-17-9-19-10-20(11-23(25(19)40-13-17)43-30(47)42-14-31(2,3)48)28(45)41-15-33(49,34(36,37)38)24-12-22-27(50-16-32(22,4)29(39)46)26(44-24)18-5-7-21(35)8-6-18/h5-13,48-49H,14-16H2,1-4H3,(H2,39,46)(H,41,45)(H2,42,43,47)/t32-,33-/m0/s1. The number of rotatable bonds is 9. The highest BCUT2D eigenvalue weighted by Gasteiger charge is 2.57. The van der Waals surface area contributed by atoms with Crippen molar-refractivity contribution in [1.29, 1.82) is 0 Å². The minimum absolute atomic E-state index is 0.0435. The van der Waals surface area contributed by atoms with Gasteiger partial charge in [-0.05, 0) is 81.8 Å². The fourth-order valence-corrected chi connectivity index (χ4v) is 5.30. The summed E-state index contributed by atoms with van der Waals surface area (Å²) in [5.41, 5.74) is -1.39. The molecule has 0 saturated heterocycles. The number of urea groups is 1. The van der Waals surface area contributed by atoms with Gasteiger partial charge in [0.25, 0.3) is 5.91 Å². The van der Waals surface area contributed by atoms with Crippen LogP contribution in [0.25, 0.3) is 22.2 Å². The van der Waals surface area contributed by atoms with Gasteiger partial charge in [0, 0.05) is 34.8 Å². The first-order valence-corrected chi connectivity index (χ1v) is 15.2. The Bertz CT molecular complexity index is 2000. The predicted molar refractivity (Wildman–Crippen MR) is 174 cm³/mol. The Kier molecular flexibility index (Phi) is 9.23. The summed E-state index contributed by atoms with van der Waals surface area (Å²) >= 11 is 0. The molecule has 1 aliphatic heterocycles. The number of nitrogens with two attached hydrogens (primary N) is 1. The normalized spacial score (nSPS) is 17.0. The molecule has 4 amide bonds. The summed E-state index contributed by atoms with van der Waals surface area (Å²) in [6, 6.07) is 8.90. The maximum atomic E-state index is 14.9. The van der Waals surface area contributed by atoms with Crippen LogP contribution < -0.4 is 26.4 Å². The molecule has 7 N–H and O–H groups in total. The van der Waals surface area contributed by atoms with Crippen LogP contribution in [-0.4, -0.2) is 69.5 Å². The van der Waals surface area contributed by atoms with Crippen molar-refractivity contribution in [3.05, 3.63) is 82.9 Å². The summed E-state index contributed by atoms with van der Waals surface area (Å²) in [5.74, 6) is -2.67. The third-order valence-electron chi connectivity index (χ3n) is 8.24. The number of carbonyl (C=O) groups excluding carboxylic acids is 3. The van der Waals surface area contributed by atoms with Crippen molar-refractivity contribution in [2.24, 2.45) is 5.73 Å². The molecule has 4 aromatic rings. The Balaban J connectivity index is 1.53. The maximum Gasteiger partial charge on any atom is 0.424 e. The average Bonchev–Trinajstić information content (AvgIpc) is 3.39. The average molecular weight is 699 g/mol. The van der Waals surface area contributed by atoms with Gasteiger partial charge >= 0.3 is 12.2 Å². The highest BCUT2D eigenvalue weighted by atomic mass is 19.4. The number of fused-ring (bicyclic) bond motifs is 2. The minimum atomic E-state index is -5.43. The largest absolute Gasteiger partial charge is 0.489 e. The van der Waals surface area contributed by atoms with Crippen molar-refractivity contribution in [3.63, 3.8) is 0 Å². The molecule has 5 rings (SSSR count). The lowest BCUT2D eigenvalue weighted by molar-refractivity contribution is -0.265. The number of halogens is 4. The van der Waals surface area contributed by atoms with Gasteiger partial charge in [-0.1, -0.05) is 0 Å². The number of pyridine rings is 2. The summed E-state index contributed by atoms with van der Waals surface area (Å²) in [6.45, 7) is 4.16. The van der Waals surface area contributed by atoms with E-state index < -0.39 is 58.7 Å². The quantitative estimate of drug-likeness (QED) is 0.142. The van der Waals surface area contributed by atoms with Gasteiger partial charge in [0.15, 0.2) is 0 Å². The number of aromatic nitrogens is 2. The lowest BCUT2D eigenvalue weighted by atomic mass is 9.81. The molecule has 16 heteroatoms. The highest BCUT2D eigenvalue weighted by molar-refractivity contribution is 6.05. The zero-order chi connectivity index (χ0) is 36.8. The van der Waals surface area contributed by atoms with Crippen molar-refractivity contribution >= 4 is 34.4 Å². The molecule has 3 heterocycles. The number of nitrogens with zero attached hydrogens (tertiary/aromatic N) is 2. The molecule has 2 atom stereocenters. The molecule has 1 aliphatic rings. The van der Waals surface area contributed by atoms with Gasteiger partial charge < -0.3 is 36.6 Å². The Morgan fingerprint density at radius 2 is 1.70 bits per heavy atom. The van der Waals surface area contributed by atoms with E-state index in [-0.39, 0.29) is 52.5 Å². The van der Waals surface area contributed by atoms with Crippen LogP contribution in [0.4, 0.5) is 28.0 Å². The molecular weight excluding hydrogens is 664 g/mol. The number of alkyl halides is 3. The Morgan fingerprint density at radius 1 is 1.02 bits per heavy atom. The van der Waals surface area contributed by atoms with Crippen LogP contribution in [-0.2, 0) is 15.8 Å². The molecule has 0 spiro atoms. The van der Waals surface area contributed by atoms with Crippen LogP contribution in [0.3, 0.4) is 0 Å². The molecule has 2 aromatic carbocycles. The number of nitrogens with one attached hydrogen (secondary N) is 3. The van der Waals surface area contributed by atoms with Crippen molar-refractivity contribution in [2.75, 3.05) is 25.0 Å². The zero-order valence-electron chi connectivity index (χ0n) is 27.3. The SMILES string of the molecule is Cc1cnc2c(NC(=O)NCC(C)(C)O)cc(C(=O)NC[C@](O)(c3cc4c(c(-c5ccc(F)cc5)n3)OC[C@]4(C)C(N)=O)C(F)(F)F)cc2c1. The van der Waals surface area contributed by atoms with Crippen LogP contribution in [0.1, 0.15) is 48.0 Å². The second-order valence-corrected chi connectivity index (χ2v) is 13.0. The number of amides is 4. The molecule has 12 nitrogen and oxygen atoms in total. The lowest BCUT2D eigenvalue weighted by Gasteiger charge is -2.31. The summed E-state index contributed by atoms with van der Waals surface area (Å²) in [4.78, 5) is 46.9. The van der Waals surface area contributed by atoms with Crippen molar-refractivity contribution in [2.45, 2.75) is 50.5 Å². The number of aryl methyl sites for hydroxylation is 1. The van der Waals surface area contributed by atoms with Gasteiger partial charge in [-0.2, -0.15) is 13.2 Å². The number of aliphatic hydroxyl groups is 2. The van der Waals surface area contributed by atoms with Crippen LogP contribution in [0.2, 0.25) is 0 Å². The fraction of sp³-hybridized carbons (Fsp3) is 0.324. The fourth-order valence-electron chi connectivity index (χ4n) is 5.30. The van der Waals surface area contributed by atoms with Crippen LogP contribution in [0.5, 0.6) is 5.75 Å². The van der Waals surface area contributed by atoms with E-state index in [2.05, 4.69) is 25.9 Å². The maximum absolute atomic E-state index is 14.9. The van der Waals surface area contributed by atoms with E-state index in [0.29, 0.717) is 10.9 Å². The van der Waals surface area contributed by atoms with E-state index >= 15 is 0 Å². The summed E-state index contributed by atoms with van der Waals surface area (Å²) < 4.78 is 64.0. The molecule has 0 unspecified atom stereocenters. The molecule has 0 aliphatic carbocycles. The Labute approximate surface area is 283 Å². The van der Waals surface area contributed by atoms with Crippen molar-refractivity contribution < 1.29 is 46.9 Å². The Morgan fingerprint density at radius 3 is 2.32 bits per heavy atom. The first-order chi connectivity index (χ1) is 23.2. The molecule has 0 saturated carbocycles. The van der Waals surface area contributed by atoms with Gasteiger partial charge in [0.1, 0.15) is 29.3 Å². The smallest absolute Gasteiger partial charge is 0.424 e. The number of anilines is 1. The summed E-state index contributed by atoms with van der Waals surface area (Å²) in [7, 11) is 0. The second kappa shape index (κ2) is 12.8. The van der Waals surface area contributed by atoms with Crippen LogP contribution in [0.15, 0.2) is 54.7 Å². The predicted octanol–water partition coefficient (Wildman–Crippen LogP) is 3.95. The summed E-state index contributed by atoms with van der Waals surface area (Å²) in [6.07, 6.45) is -3.91. The molecular formula is C34H34F4N6O6. The number of benzene rings is 2. The monoisotopic (exact) mass is 698 g/mol. The lowest BCUT2D eigenvalue weighted by Crippen LogP contribution is -2.51. The van der Waals surface area contributed by atoms with E-state index in [1.54, 1.807) is 13.0 Å². The summed E-state index contributed by atoms with van der Waals surface area (Å²) in [5, 5.41) is 28.8. The van der Waals surface area contributed by atoms with E-state index in [0.717, 1.165) is 18.2 Å². The first-order valence-electron chi connectivity index (χ1n) is 15.2. The van der Waals surface area contributed by atoms with Crippen molar-refractivity contribution in [3.8, 4) is 17.0 Å². The molecule has 0 radical (unpaired) electrons. The molecule has 0 fully saturated rings. The van der Waals surface area contributed by atoms with Gasteiger partial charge in [0.05, 0.1) is 29.0 Å². The van der Waals surface area contributed by atoms with E-state index in [9.17, 15) is 42.2 Å². The van der Waals surface area contributed by atoms with Crippen LogP contribution in [0, 0.1) is 12.7 Å². The van der Waals surface area contributed by atoms with Gasteiger partial charge in [0.2, 0.25) is 11.5 Å². The van der Waals surface area contributed by atoms with Gasteiger partial charge in [-0.25, -0.2) is 14.2 Å². The first kappa shape index (κ1) is 35.9. The van der Waals surface area contributed by atoms with E-state index in [1.165, 1.54) is 51.2 Å². The number of ether oxygens (including phenoxy) is 1. The number of hydrogen-bond acceptors (Lipinski definition) is 8. The molecule has 2 aromatic heterocycles. The molecule has 264 valence electrons. The zero-order valence-corrected chi connectivity index (χ0v) is 27.3. The number of primary amides is 1. The topological polar surface area (TPSA) is 189 Å². The Hall–Kier alpha value is -5.35. The molecule has 0 bridgehead atoms. The molecule has 50 heavy (non-hydrogen) atoms. The van der Waals surface area contributed by atoms with Gasteiger partial charge in [-0.15, -0.1) is 0 Å². The highest BCUT2D eigenvalue weighted by Crippen LogP contribution is 2.47. The van der Waals surface area contributed by atoms with Gasteiger partial charge in [-0.3, -0.25) is 14.6 Å². The number of carbonyl (C=O) groups is 3.